The van der Waals surface area contributed by atoms with Crippen LogP contribution in [0.3, 0.4) is 0 Å². The van der Waals surface area contributed by atoms with E-state index in [1.165, 1.54) is 25.1 Å². The Morgan fingerprint density at radius 3 is 2.32 bits per heavy atom. The van der Waals surface area contributed by atoms with Gasteiger partial charge in [0.05, 0.1) is 0 Å². The molecule has 7 nitrogen and oxygen atoms in total. The van der Waals surface area contributed by atoms with Gasteiger partial charge in [-0.3, -0.25) is 14.4 Å². The van der Waals surface area contributed by atoms with Gasteiger partial charge in [-0.2, -0.15) is 0 Å². The number of aromatic nitrogens is 1. The van der Waals surface area contributed by atoms with Gasteiger partial charge < -0.3 is 16.4 Å². The van der Waals surface area contributed by atoms with Gasteiger partial charge >= 0.3 is 0 Å². The van der Waals surface area contributed by atoms with E-state index in [9.17, 15) is 18.8 Å². The maximum absolute atomic E-state index is 13.9. The van der Waals surface area contributed by atoms with Crippen molar-refractivity contribution in [1.29, 1.82) is 0 Å². The summed E-state index contributed by atoms with van der Waals surface area (Å²) in [5.41, 5.74) is 6.37. The monoisotopic (exact) mass is 450 g/mol. The Kier molecular flexibility index (Phi) is 7.62. The summed E-state index contributed by atoms with van der Waals surface area (Å²) >= 11 is 3.28. The van der Waals surface area contributed by atoms with Gasteiger partial charge in [-0.05, 0) is 39.2 Å². The van der Waals surface area contributed by atoms with E-state index in [1.807, 2.05) is 0 Å². The highest BCUT2D eigenvalue weighted by molar-refractivity contribution is 9.10. The molecule has 0 saturated heterocycles. The number of nitrogens with one attached hydrogen (secondary N) is 2. The molecule has 0 saturated carbocycles. The number of primary amides is 1. The van der Waals surface area contributed by atoms with Crippen LogP contribution in [0.1, 0.15) is 18.1 Å². The van der Waals surface area contributed by atoms with E-state index < -0.39 is 35.6 Å². The number of rotatable bonds is 8. The van der Waals surface area contributed by atoms with Gasteiger partial charge in [0.1, 0.15) is 22.5 Å². The molecule has 3 amide bonds. The number of amides is 3. The predicted molar refractivity (Wildman–Crippen MR) is 104 cm³/mol. The number of hydrogen-bond acceptors (Lipinski definition) is 4. The molecule has 0 unspecified atom stereocenters. The number of halogens is 2. The molecule has 0 radical (unpaired) electrons. The van der Waals surface area contributed by atoms with Gasteiger partial charge in [-0.15, -0.1) is 0 Å². The van der Waals surface area contributed by atoms with Gasteiger partial charge in [0.15, 0.2) is 0 Å². The van der Waals surface area contributed by atoms with Crippen LogP contribution in [-0.2, 0) is 27.2 Å². The molecule has 0 spiro atoms. The van der Waals surface area contributed by atoms with Gasteiger partial charge in [0.25, 0.3) is 0 Å². The second-order valence-corrected chi connectivity index (χ2v) is 6.92. The normalized spacial score (nSPS) is 12.7. The quantitative estimate of drug-likeness (QED) is 0.524. The van der Waals surface area contributed by atoms with E-state index in [-0.39, 0.29) is 18.4 Å². The van der Waals surface area contributed by atoms with Gasteiger partial charge in [0.2, 0.25) is 17.7 Å². The second kappa shape index (κ2) is 9.93. The number of carbonyl (C=O) groups excluding carboxylic acids is 3. The number of pyridine rings is 1. The number of nitrogens with zero attached hydrogens (tertiary/aromatic N) is 1. The Morgan fingerprint density at radius 1 is 1.07 bits per heavy atom. The van der Waals surface area contributed by atoms with Crippen LogP contribution in [0.2, 0.25) is 0 Å². The summed E-state index contributed by atoms with van der Waals surface area (Å²) in [6.07, 6.45) is 1.62. The average Bonchev–Trinajstić information content (AvgIpc) is 2.63. The Balaban J connectivity index is 2.17. The molecular formula is C19H20BrFN4O3. The third kappa shape index (κ3) is 6.12. The zero-order valence-corrected chi connectivity index (χ0v) is 16.7. The van der Waals surface area contributed by atoms with E-state index in [0.717, 1.165) is 0 Å². The summed E-state index contributed by atoms with van der Waals surface area (Å²) in [5.74, 6) is -2.32. The summed E-state index contributed by atoms with van der Waals surface area (Å²) in [6, 6.07) is 7.30. The van der Waals surface area contributed by atoms with Crippen LogP contribution in [0.15, 0.2) is 47.2 Å². The Morgan fingerprint density at radius 2 is 1.71 bits per heavy atom. The number of nitrogens with two attached hydrogens (primary N) is 1. The molecule has 1 aromatic carbocycles. The Bertz CT molecular complexity index is 878. The zero-order valence-electron chi connectivity index (χ0n) is 15.1. The summed E-state index contributed by atoms with van der Waals surface area (Å²) in [7, 11) is 0. The van der Waals surface area contributed by atoms with Crippen LogP contribution in [-0.4, -0.2) is 34.8 Å². The van der Waals surface area contributed by atoms with Crippen LogP contribution in [0.4, 0.5) is 4.39 Å². The van der Waals surface area contributed by atoms with Gasteiger partial charge in [0, 0.05) is 26.0 Å². The lowest BCUT2D eigenvalue weighted by Crippen LogP contribution is -2.54. The fourth-order valence-electron chi connectivity index (χ4n) is 2.63. The minimum absolute atomic E-state index is 0.0693. The molecule has 0 aliphatic carbocycles. The molecule has 0 aliphatic heterocycles. The van der Waals surface area contributed by atoms with E-state index in [4.69, 9.17) is 5.73 Å². The summed E-state index contributed by atoms with van der Waals surface area (Å²) in [6.45, 7) is 1.25. The standard InChI is InChI=1S/C19H20BrFN4O3/c1-11(26)24-16(9-12-5-2-3-7-14(12)21)19(28)25-15(18(22)27)10-13-6-4-8-23-17(13)20/h2-8,15-16H,9-10H2,1H3,(H2,22,27)(H,24,26)(H,25,28)/t15-,16+/m0/s1. The predicted octanol–water partition coefficient (Wildman–Crippen LogP) is 1.24. The molecule has 1 aromatic heterocycles. The van der Waals surface area contributed by atoms with Crippen LogP contribution in [0, 0.1) is 5.82 Å². The van der Waals surface area contributed by atoms with Crippen LogP contribution in [0.5, 0.6) is 0 Å². The van der Waals surface area contributed by atoms with E-state index in [1.54, 1.807) is 24.4 Å². The molecule has 0 bridgehead atoms. The third-order valence-corrected chi connectivity index (χ3v) is 4.71. The highest BCUT2D eigenvalue weighted by Crippen LogP contribution is 2.15. The zero-order chi connectivity index (χ0) is 20.7. The van der Waals surface area contributed by atoms with Crippen molar-refractivity contribution in [3.63, 3.8) is 0 Å². The van der Waals surface area contributed by atoms with Crippen LogP contribution < -0.4 is 16.4 Å². The Labute approximate surface area is 170 Å². The highest BCUT2D eigenvalue weighted by Gasteiger charge is 2.26. The first-order valence-corrected chi connectivity index (χ1v) is 9.26. The summed E-state index contributed by atoms with van der Waals surface area (Å²) in [5, 5.41) is 5.02. The Hall–Kier alpha value is -2.81. The third-order valence-electron chi connectivity index (χ3n) is 4.00. The number of benzene rings is 1. The lowest BCUT2D eigenvalue weighted by molar-refractivity contribution is -0.130. The van der Waals surface area contributed by atoms with Crippen molar-refractivity contribution in [2.45, 2.75) is 31.8 Å². The van der Waals surface area contributed by atoms with E-state index in [2.05, 4.69) is 31.5 Å². The minimum atomic E-state index is -1.06. The molecule has 2 atom stereocenters. The largest absolute Gasteiger partial charge is 0.368 e. The maximum Gasteiger partial charge on any atom is 0.243 e. The topological polar surface area (TPSA) is 114 Å². The molecule has 28 heavy (non-hydrogen) atoms. The second-order valence-electron chi connectivity index (χ2n) is 6.17. The lowest BCUT2D eigenvalue weighted by atomic mass is 10.0. The number of carbonyl (C=O) groups is 3. The van der Waals surface area contributed by atoms with Gasteiger partial charge in [-0.1, -0.05) is 24.3 Å². The average molecular weight is 451 g/mol. The van der Waals surface area contributed by atoms with Crippen LogP contribution in [0.25, 0.3) is 0 Å². The minimum Gasteiger partial charge on any atom is -0.368 e. The smallest absolute Gasteiger partial charge is 0.243 e. The fraction of sp³-hybridized carbons (Fsp3) is 0.263. The van der Waals surface area contributed by atoms with E-state index in [0.29, 0.717) is 10.2 Å². The van der Waals surface area contributed by atoms with Crippen molar-refractivity contribution in [2.24, 2.45) is 5.73 Å². The highest BCUT2D eigenvalue weighted by atomic mass is 79.9. The molecule has 1 heterocycles. The molecule has 9 heteroatoms. The van der Waals surface area contributed by atoms with Crippen molar-refractivity contribution in [2.75, 3.05) is 0 Å². The first-order valence-electron chi connectivity index (χ1n) is 8.47. The SMILES string of the molecule is CC(=O)N[C@H](Cc1ccccc1F)C(=O)N[C@@H](Cc1cccnc1Br)C(N)=O. The molecular weight excluding hydrogens is 431 g/mol. The van der Waals surface area contributed by atoms with E-state index >= 15 is 0 Å². The lowest BCUT2D eigenvalue weighted by Gasteiger charge is -2.22. The van der Waals surface area contributed by atoms with Gasteiger partial charge in [-0.25, -0.2) is 9.37 Å². The molecule has 0 fully saturated rings. The molecule has 148 valence electrons. The van der Waals surface area contributed by atoms with Crippen molar-refractivity contribution in [1.82, 2.24) is 15.6 Å². The van der Waals surface area contributed by atoms with Crippen LogP contribution >= 0.6 is 15.9 Å². The van der Waals surface area contributed by atoms with Crippen molar-refractivity contribution in [3.05, 3.63) is 64.1 Å². The summed E-state index contributed by atoms with van der Waals surface area (Å²) in [4.78, 5) is 40.1. The van der Waals surface area contributed by atoms with Crippen molar-refractivity contribution >= 4 is 33.7 Å². The van der Waals surface area contributed by atoms with Crippen molar-refractivity contribution < 1.29 is 18.8 Å². The first kappa shape index (κ1) is 21.5. The molecule has 4 N–H and O–H groups in total. The number of hydrogen-bond donors (Lipinski definition) is 3. The summed E-state index contributed by atoms with van der Waals surface area (Å²) < 4.78 is 14.5. The first-order chi connectivity index (χ1) is 13.3. The fourth-order valence-corrected chi connectivity index (χ4v) is 3.04. The maximum atomic E-state index is 13.9. The molecule has 2 aromatic rings. The molecule has 0 aliphatic rings. The molecule has 2 rings (SSSR count). The van der Waals surface area contributed by atoms with Crippen molar-refractivity contribution in [3.8, 4) is 0 Å².